The van der Waals surface area contributed by atoms with E-state index in [2.05, 4.69) is 12.2 Å². The molecule has 0 aromatic rings. The molecule has 0 aromatic heterocycles. The molecule has 1 N–H and O–H groups in total. The predicted molar refractivity (Wildman–Crippen MR) is 40.5 cm³/mol. The number of hydrogen-bond acceptors (Lipinski definition) is 1. The van der Waals surface area contributed by atoms with Gasteiger partial charge in [0.05, 0.1) is 0 Å². The van der Waals surface area contributed by atoms with Gasteiger partial charge in [0.15, 0.2) is 0 Å². The van der Waals surface area contributed by atoms with Crippen LogP contribution in [-0.4, -0.2) is 11.7 Å². The third-order valence-electron chi connectivity index (χ3n) is 2.95. The second-order valence-electron chi connectivity index (χ2n) is 3.56. The molecule has 0 aliphatic heterocycles. The quantitative estimate of drug-likeness (QED) is 0.545. The maximum absolute atomic E-state index is 8.98. The van der Waals surface area contributed by atoms with E-state index in [0.717, 1.165) is 5.92 Å². The maximum Gasteiger partial charge on any atom is 0.0465 e. The van der Waals surface area contributed by atoms with E-state index in [1.165, 1.54) is 19.3 Å². The first kappa shape index (κ1) is 6.41. The van der Waals surface area contributed by atoms with E-state index >= 15 is 0 Å². The fraction of sp³-hybridized carbons (Fsp3) is 0.778. The summed E-state index contributed by atoms with van der Waals surface area (Å²) in [5.41, 5.74) is 0. The van der Waals surface area contributed by atoms with Crippen molar-refractivity contribution in [2.45, 2.75) is 19.3 Å². The van der Waals surface area contributed by atoms with Crippen molar-refractivity contribution in [1.29, 1.82) is 0 Å². The van der Waals surface area contributed by atoms with Crippen molar-refractivity contribution in [2.24, 2.45) is 17.8 Å². The Kier molecular flexibility index (Phi) is 1.53. The smallest absolute Gasteiger partial charge is 0.0465 e. The number of hydrogen-bond donors (Lipinski definition) is 1. The van der Waals surface area contributed by atoms with Gasteiger partial charge in [0.25, 0.3) is 0 Å². The van der Waals surface area contributed by atoms with Gasteiger partial charge in [-0.3, -0.25) is 0 Å². The van der Waals surface area contributed by atoms with Gasteiger partial charge in [0.2, 0.25) is 0 Å². The van der Waals surface area contributed by atoms with E-state index in [1.807, 2.05) is 0 Å². The average Bonchev–Trinajstić information content (AvgIpc) is 2.06. The molecule has 3 rings (SSSR count). The number of rotatable bonds is 1. The van der Waals surface area contributed by atoms with Crippen LogP contribution < -0.4 is 0 Å². The molecule has 56 valence electrons. The Labute approximate surface area is 61.8 Å². The molecular weight excluding hydrogens is 124 g/mol. The molecule has 0 aromatic carbocycles. The highest BCUT2D eigenvalue weighted by Gasteiger charge is 2.30. The molecule has 1 heteroatoms. The zero-order chi connectivity index (χ0) is 6.97. The SMILES string of the molecule is OC[C@@H]1C[C@H]2C=C[C@@H]1CC2. The Morgan fingerprint density at radius 2 is 2.20 bits per heavy atom. The maximum atomic E-state index is 8.98. The molecule has 0 spiro atoms. The molecule has 3 atom stereocenters. The van der Waals surface area contributed by atoms with Crippen LogP contribution in [0.1, 0.15) is 19.3 Å². The highest BCUT2D eigenvalue weighted by atomic mass is 16.3. The van der Waals surface area contributed by atoms with E-state index < -0.39 is 0 Å². The van der Waals surface area contributed by atoms with Gasteiger partial charge in [0.1, 0.15) is 0 Å². The minimum absolute atomic E-state index is 0.394. The minimum atomic E-state index is 0.394. The van der Waals surface area contributed by atoms with Crippen LogP contribution >= 0.6 is 0 Å². The van der Waals surface area contributed by atoms with Crippen LogP contribution in [0.4, 0.5) is 0 Å². The Bertz CT molecular complexity index is 151. The molecule has 3 aliphatic carbocycles. The number of aliphatic hydroxyl groups excluding tert-OH is 1. The van der Waals surface area contributed by atoms with Crippen molar-refractivity contribution in [1.82, 2.24) is 0 Å². The van der Waals surface area contributed by atoms with Crippen LogP contribution in [0, 0.1) is 17.8 Å². The van der Waals surface area contributed by atoms with Crippen molar-refractivity contribution in [3.8, 4) is 0 Å². The first-order chi connectivity index (χ1) is 4.90. The predicted octanol–water partition coefficient (Wildman–Crippen LogP) is 1.58. The van der Waals surface area contributed by atoms with Crippen LogP contribution in [0.2, 0.25) is 0 Å². The minimum Gasteiger partial charge on any atom is -0.396 e. The summed E-state index contributed by atoms with van der Waals surface area (Å²) in [4.78, 5) is 0. The molecule has 1 nitrogen and oxygen atoms in total. The lowest BCUT2D eigenvalue weighted by Gasteiger charge is -2.36. The van der Waals surface area contributed by atoms with Gasteiger partial charge in [0, 0.05) is 6.61 Å². The van der Waals surface area contributed by atoms with Gasteiger partial charge < -0.3 is 5.11 Å². The summed E-state index contributed by atoms with van der Waals surface area (Å²) < 4.78 is 0. The Balaban J connectivity index is 2.11. The molecule has 0 radical (unpaired) electrons. The normalized spacial score (nSPS) is 44.3. The van der Waals surface area contributed by atoms with Crippen molar-refractivity contribution in [3.63, 3.8) is 0 Å². The molecule has 0 amide bonds. The van der Waals surface area contributed by atoms with Gasteiger partial charge in [-0.05, 0) is 37.0 Å². The van der Waals surface area contributed by atoms with Crippen molar-refractivity contribution in [3.05, 3.63) is 12.2 Å². The van der Waals surface area contributed by atoms with Crippen LogP contribution in [0.3, 0.4) is 0 Å². The van der Waals surface area contributed by atoms with Crippen LogP contribution in [-0.2, 0) is 0 Å². The van der Waals surface area contributed by atoms with Crippen LogP contribution in [0.15, 0.2) is 12.2 Å². The lowest BCUT2D eigenvalue weighted by Crippen LogP contribution is -2.29. The summed E-state index contributed by atoms with van der Waals surface area (Å²) in [6.45, 7) is 0.394. The summed E-state index contributed by atoms with van der Waals surface area (Å²) in [6, 6.07) is 0. The molecule has 10 heavy (non-hydrogen) atoms. The van der Waals surface area contributed by atoms with Gasteiger partial charge in [-0.2, -0.15) is 0 Å². The molecule has 0 heterocycles. The van der Waals surface area contributed by atoms with E-state index in [0.29, 0.717) is 18.4 Å². The third-order valence-corrected chi connectivity index (χ3v) is 2.95. The topological polar surface area (TPSA) is 20.2 Å². The second-order valence-corrected chi connectivity index (χ2v) is 3.56. The summed E-state index contributed by atoms with van der Waals surface area (Å²) in [6.07, 6.45) is 8.54. The highest BCUT2D eigenvalue weighted by molar-refractivity contribution is 5.05. The number of fused-ring (bicyclic) bond motifs is 2. The van der Waals surface area contributed by atoms with Gasteiger partial charge >= 0.3 is 0 Å². The molecular formula is C9H14O. The first-order valence-electron chi connectivity index (χ1n) is 4.19. The first-order valence-corrected chi connectivity index (χ1v) is 4.19. The lowest BCUT2D eigenvalue weighted by molar-refractivity contribution is 0.129. The largest absolute Gasteiger partial charge is 0.396 e. The van der Waals surface area contributed by atoms with Gasteiger partial charge in [-0.15, -0.1) is 0 Å². The molecule has 0 unspecified atom stereocenters. The molecule has 3 aliphatic rings. The van der Waals surface area contributed by atoms with Gasteiger partial charge in [-0.1, -0.05) is 12.2 Å². The number of aliphatic hydroxyl groups is 1. The van der Waals surface area contributed by atoms with Crippen molar-refractivity contribution < 1.29 is 5.11 Å². The van der Waals surface area contributed by atoms with Crippen molar-refractivity contribution >= 4 is 0 Å². The zero-order valence-corrected chi connectivity index (χ0v) is 6.16. The van der Waals surface area contributed by atoms with Gasteiger partial charge in [-0.25, -0.2) is 0 Å². The lowest BCUT2D eigenvalue weighted by atomic mass is 9.69. The van der Waals surface area contributed by atoms with Crippen molar-refractivity contribution in [2.75, 3.05) is 6.61 Å². The molecule has 1 fully saturated rings. The Morgan fingerprint density at radius 1 is 1.30 bits per heavy atom. The second kappa shape index (κ2) is 2.39. The summed E-state index contributed by atoms with van der Waals surface area (Å²) in [7, 11) is 0. The van der Waals surface area contributed by atoms with Crippen LogP contribution in [0.25, 0.3) is 0 Å². The molecule has 0 saturated heterocycles. The van der Waals surface area contributed by atoms with E-state index in [1.54, 1.807) is 0 Å². The van der Waals surface area contributed by atoms with E-state index in [-0.39, 0.29) is 0 Å². The van der Waals surface area contributed by atoms with E-state index in [9.17, 15) is 0 Å². The fourth-order valence-corrected chi connectivity index (χ4v) is 2.26. The zero-order valence-electron chi connectivity index (χ0n) is 6.16. The highest BCUT2D eigenvalue weighted by Crippen LogP contribution is 2.39. The summed E-state index contributed by atoms with van der Waals surface area (Å²) in [5.74, 6) is 2.08. The average molecular weight is 138 g/mol. The summed E-state index contributed by atoms with van der Waals surface area (Å²) >= 11 is 0. The van der Waals surface area contributed by atoms with E-state index in [4.69, 9.17) is 5.11 Å². The monoisotopic (exact) mass is 138 g/mol. The molecule has 2 bridgehead atoms. The summed E-state index contributed by atoms with van der Waals surface area (Å²) in [5, 5.41) is 8.98. The fourth-order valence-electron chi connectivity index (χ4n) is 2.26. The Hall–Kier alpha value is -0.300. The molecule has 1 saturated carbocycles. The number of allylic oxidation sites excluding steroid dienone is 2. The van der Waals surface area contributed by atoms with Crippen LogP contribution in [0.5, 0.6) is 0 Å². The third kappa shape index (κ3) is 0.891. The standard InChI is InChI=1S/C9H14O/c10-6-9-5-7-1-3-8(9)4-2-7/h1,3,7-10H,2,4-6H2/t7-,8+,9-/m0/s1. The Morgan fingerprint density at radius 3 is 2.50 bits per heavy atom.